The molecule has 9 heavy (non-hydrogen) atoms. The van der Waals surface area contributed by atoms with Crippen LogP contribution in [-0.2, 0) is 4.57 Å². The fourth-order valence-electron chi connectivity index (χ4n) is 0. The molecule has 54 valence electrons. The van der Waals surface area contributed by atoms with Crippen molar-refractivity contribution >= 4 is 7.82 Å². The zero-order chi connectivity index (χ0) is 7.21. The number of phosphoric acid groups is 1. The minimum absolute atomic E-state index is 0. The summed E-state index contributed by atoms with van der Waals surface area (Å²) in [6.07, 6.45) is 0. The van der Waals surface area contributed by atoms with E-state index in [1.165, 1.54) is 0 Å². The Balaban J connectivity index is -0.0000000326. The van der Waals surface area contributed by atoms with Gasteiger partial charge in [0, 0.05) is 6.61 Å². The molecule has 0 unspecified atom stereocenters. The molecule has 0 amide bonds. The quantitative estimate of drug-likeness (QED) is 0.219. The van der Waals surface area contributed by atoms with Crippen molar-refractivity contribution in [2.24, 2.45) is 0 Å². The number of rotatable bonds is 0. The van der Waals surface area contributed by atoms with Crippen LogP contribution in [0.4, 0.5) is 0 Å². The number of hydrogen-bond donors (Lipinski definition) is 4. The van der Waals surface area contributed by atoms with E-state index in [0.717, 1.165) is 0 Å². The maximum Gasteiger partial charge on any atom is 1.00 e. The summed E-state index contributed by atoms with van der Waals surface area (Å²) in [7, 11) is -4.64. The van der Waals surface area contributed by atoms with E-state index in [4.69, 9.17) is 24.4 Å². The standard InChI is InChI=1S/C2H6O.Na.H3O4P.H/c1-2-3;;1-5(2,3)4;/h3H,2H2,1H3;;(H3,1,2,3,4);/q;+1;;-1. The molecule has 0 aliphatic carbocycles. The summed E-state index contributed by atoms with van der Waals surface area (Å²) in [6, 6.07) is 0. The van der Waals surface area contributed by atoms with Crippen LogP contribution in [0.1, 0.15) is 8.35 Å². The van der Waals surface area contributed by atoms with E-state index in [2.05, 4.69) is 0 Å². The van der Waals surface area contributed by atoms with Crippen LogP contribution in [-0.4, -0.2) is 26.4 Å². The topological polar surface area (TPSA) is 98.0 Å². The second-order valence-electron chi connectivity index (χ2n) is 0.830. The van der Waals surface area contributed by atoms with Crippen LogP contribution in [0.25, 0.3) is 0 Å². The van der Waals surface area contributed by atoms with Crippen molar-refractivity contribution in [1.29, 1.82) is 0 Å². The minimum atomic E-state index is -4.64. The normalized spacial score (nSPS) is 8.56. The maximum atomic E-state index is 8.88. The van der Waals surface area contributed by atoms with Crippen LogP contribution in [0.15, 0.2) is 0 Å². The maximum absolute atomic E-state index is 8.88. The van der Waals surface area contributed by atoms with Gasteiger partial charge in [0.05, 0.1) is 0 Å². The summed E-state index contributed by atoms with van der Waals surface area (Å²) in [5, 5.41) is 7.57. The van der Waals surface area contributed by atoms with Gasteiger partial charge in [0.15, 0.2) is 0 Å². The first-order valence-corrected chi connectivity index (χ1v) is 3.37. The van der Waals surface area contributed by atoms with Gasteiger partial charge in [-0.3, -0.25) is 0 Å². The molecule has 0 aromatic rings. The summed E-state index contributed by atoms with van der Waals surface area (Å²) >= 11 is 0. The van der Waals surface area contributed by atoms with Crippen LogP contribution >= 0.6 is 7.82 Å². The van der Waals surface area contributed by atoms with Crippen LogP contribution in [0.3, 0.4) is 0 Å². The molecule has 0 aromatic heterocycles. The molecule has 0 bridgehead atoms. The molecule has 0 spiro atoms. The SMILES string of the molecule is CCO.O=P(O)(O)O.[H-].[Na+]. The first-order chi connectivity index (χ1) is 3.41. The molecule has 5 nitrogen and oxygen atoms in total. The van der Waals surface area contributed by atoms with Gasteiger partial charge < -0.3 is 21.2 Å². The fourth-order valence-corrected chi connectivity index (χ4v) is 0. The average molecular weight is 168 g/mol. The van der Waals surface area contributed by atoms with Gasteiger partial charge in [0.25, 0.3) is 0 Å². The third kappa shape index (κ3) is 396. The van der Waals surface area contributed by atoms with Crippen molar-refractivity contribution in [3.8, 4) is 0 Å². The van der Waals surface area contributed by atoms with Gasteiger partial charge in [-0.15, -0.1) is 0 Å². The number of aliphatic hydroxyl groups is 1. The van der Waals surface area contributed by atoms with E-state index in [9.17, 15) is 0 Å². The number of aliphatic hydroxyl groups excluding tert-OH is 1. The Labute approximate surface area is 76.7 Å². The Kier molecular flexibility index (Phi) is 16.7. The predicted molar refractivity (Wildman–Crippen MR) is 28.1 cm³/mol. The fraction of sp³-hybridized carbons (Fsp3) is 1.00. The smallest absolute Gasteiger partial charge is 1.00 e. The zero-order valence-corrected chi connectivity index (χ0v) is 8.25. The van der Waals surface area contributed by atoms with Crippen LogP contribution in [0.5, 0.6) is 0 Å². The molecular weight excluding hydrogens is 158 g/mol. The zero-order valence-electron chi connectivity index (χ0n) is 6.35. The van der Waals surface area contributed by atoms with Crippen molar-refractivity contribution in [1.82, 2.24) is 0 Å². The van der Waals surface area contributed by atoms with Crippen molar-refractivity contribution in [2.45, 2.75) is 6.92 Å². The summed E-state index contributed by atoms with van der Waals surface area (Å²) < 4.78 is 8.88. The van der Waals surface area contributed by atoms with Crippen molar-refractivity contribution in [3.63, 3.8) is 0 Å². The van der Waals surface area contributed by atoms with Gasteiger partial charge >= 0.3 is 37.4 Å². The summed E-state index contributed by atoms with van der Waals surface area (Å²) in [5.74, 6) is 0. The van der Waals surface area contributed by atoms with Crippen molar-refractivity contribution < 1.29 is 55.3 Å². The molecule has 0 aliphatic rings. The summed E-state index contributed by atoms with van der Waals surface area (Å²) in [5.41, 5.74) is 0. The Morgan fingerprint density at radius 2 is 1.44 bits per heavy atom. The van der Waals surface area contributed by atoms with E-state index in [1.54, 1.807) is 6.92 Å². The van der Waals surface area contributed by atoms with Crippen LogP contribution in [0.2, 0.25) is 0 Å². The summed E-state index contributed by atoms with van der Waals surface area (Å²) in [4.78, 5) is 21.6. The van der Waals surface area contributed by atoms with E-state index in [1.807, 2.05) is 0 Å². The number of hydrogen-bond acceptors (Lipinski definition) is 2. The van der Waals surface area contributed by atoms with Crippen LogP contribution in [0, 0.1) is 0 Å². The molecule has 0 atom stereocenters. The van der Waals surface area contributed by atoms with E-state index < -0.39 is 7.82 Å². The molecule has 0 fully saturated rings. The Morgan fingerprint density at radius 1 is 1.44 bits per heavy atom. The van der Waals surface area contributed by atoms with E-state index in [-0.39, 0.29) is 37.6 Å². The Bertz CT molecular complexity index is 75.5. The first kappa shape index (κ1) is 16.6. The molecule has 4 N–H and O–H groups in total. The predicted octanol–water partition coefficient (Wildman–Crippen LogP) is -3.81. The van der Waals surface area contributed by atoms with Gasteiger partial charge in [0.2, 0.25) is 0 Å². The summed E-state index contributed by atoms with van der Waals surface area (Å²) in [6.45, 7) is 1.93. The van der Waals surface area contributed by atoms with E-state index in [0.29, 0.717) is 0 Å². The molecule has 0 aliphatic heterocycles. The van der Waals surface area contributed by atoms with Crippen molar-refractivity contribution in [3.05, 3.63) is 0 Å². The van der Waals surface area contributed by atoms with Crippen molar-refractivity contribution in [2.75, 3.05) is 6.61 Å². The van der Waals surface area contributed by atoms with Gasteiger partial charge in [-0.05, 0) is 6.92 Å². The molecule has 0 radical (unpaired) electrons. The molecule has 0 rings (SSSR count). The minimum Gasteiger partial charge on any atom is -1.00 e. The third-order valence-corrected chi connectivity index (χ3v) is 0. The van der Waals surface area contributed by atoms with Crippen LogP contribution < -0.4 is 29.6 Å². The van der Waals surface area contributed by atoms with E-state index >= 15 is 0 Å². The molecule has 7 heteroatoms. The second kappa shape index (κ2) is 9.07. The Hall–Kier alpha value is 1.07. The first-order valence-electron chi connectivity index (χ1n) is 1.81. The van der Waals surface area contributed by atoms with Gasteiger partial charge in [0.1, 0.15) is 0 Å². The molecule has 0 saturated carbocycles. The largest absolute Gasteiger partial charge is 1.00 e. The third-order valence-electron chi connectivity index (χ3n) is 0. The van der Waals surface area contributed by atoms with Gasteiger partial charge in [-0.25, -0.2) is 4.57 Å². The molecular formula is C2H10NaO5P. The second-order valence-corrected chi connectivity index (χ2v) is 1.86. The van der Waals surface area contributed by atoms with Gasteiger partial charge in [-0.1, -0.05) is 0 Å². The monoisotopic (exact) mass is 168 g/mol. The Morgan fingerprint density at radius 3 is 1.44 bits per heavy atom. The molecule has 0 heterocycles. The molecule has 0 aromatic carbocycles. The molecule has 0 saturated heterocycles. The van der Waals surface area contributed by atoms with Gasteiger partial charge in [-0.2, -0.15) is 0 Å². The average Bonchev–Trinajstić information content (AvgIpc) is 1.27.